The van der Waals surface area contributed by atoms with Gasteiger partial charge in [-0.3, -0.25) is 9.78 Å². The predicted molar refractivity (Wildman–Crippen MR) is 127 cm³/mol. The highest BCUT2D eigenvalue weighted by Gasteiger charge is 2.19. The molecule has 0 aliphatic rings. The van der Waals surface area contributed by atoms with E-state index in [1.807, 2.05) is 31.2 Å². The van der Waals surface area contributed by atoms with Crippen molar-refractivity contribution in [1.82, 2.24) is 19.9 Å². The first-order valence-electron chi connectivity index (χ1n) is 11.9. The quantitative estimate of drug-likeness (QED) is 0.323. The van der Waals surface area contributed by atoms with E-state index in [9.17, 15) is 4.79 Å². The summed E-state index contributed by atoms with van der Waals surface area (Å²) in [5.41, 5.74) is 2.54. The number of rotatable bonds is 13. The molecule has 0 saturated heterocycles. The van der Waals surface area contributed by atoms with Gasteiger partial charge in [0.05, 0.1) is 17.1 Å². The molecule has 3 rings (SSSR count). The summed E-state index contributed by atoms with van der Waals surface area (Å²) in [5.74, 6) is 0.736. The highest BCUT2D eigenvalue weighted by molar-refractivity contribution is 5.92. The third-order valence-electron chi connectivity index (χ3n) is 5.80. The Morgan fingerprint density at radius 2 is 1.61 bits per heavy atom. The first kappa shape index (κ1) is 23.0. The van der Waals surface area contributed by atoms with Gasteiger partial charge < -0.3 is 9.88 Å². The van der Waals surface area contributed by atoms with E-state index >= 15 is 0 Å². The Labute approximate surface area is 186 Å². The number of carbonyl (C=O) groups excluding carboxylic acids is 1. The molecule has 0 radical (unpaired) electrons. The van der Waals surface area contributed by atoms with Gasteiger partial charge in [0.2, 0.25) is 0 Å². The molecule has 1 amide bonds. The minimum atomic E-state index is -0.194. The van der Waals surface area contributed by atoms with Crippen molar-refractivity contribution in [3.8, 4) is 0 Å². The maximum absolute atomic E-state index is 12.6. The Bertz CT molecular complexity index is 935. The van der Waals surface area contributed by atoms with Crippen LogP contribution in [0.25, 0.3) is 11.0 Å². The zero-order valence-corrected chi connectivity index (χ0v) is 19.0. The Morgan fingerprint density at radius 3 is 2.32 bits per heavy atom. The summed E-state index contributed by atoms with van der Waals surface area (Å²) in [6.07, 6.45) is 13.4. The first-order valence-corrected chi connectivity index (χ1v) is 11.9. The molecule has 166 valence electrons. The number of benzene rings is 1. The fraction of sp³-hybridized carbons (Fsp3) is 0.500. The Balaban J connectivity index is 1.58. The number of fused-ring (bicyclic) bond motifs is 1. The lowest BCUT2D eigenvalue weighted by atomic mass is 10.1. The van der Waals surface area contributed by atoms with Crippen molar-refractivity contribution in [2.45, 2.75) is 84.2 Å². The second kappa shape index (κ2) is 12.2. The Hall–Kier alpha value is -2.69. The first-order chi connectivity index (χ1) is 15.2. The van der Waals surface area contributed by atoms with E-state index in [0.717, 1.165) is 29.8 Å². The number of para-hydroxylation sites is 2. The zero-order valence-electron chi connectivity index (χ0n) is 19.0. The van der Waals surface area contributed by atoms with E-state index in [2.05, 4.69) is 33.9 Å². The molecule has 5 heteroatoms. The molecule has 0 aliphatic heterocycles. The third-order valence-corrected chi connectivity index (χ3v) is 5.80. The van der Waals surface area contributed by atoms with Gasteiger partial charge in [0.25, 0.3) is 5.91 Å². The van der Waals surface area contributed by atoms with E-state index in [1.54, 1.807) is 12.3 Å². The van der Waals surface area contributed by atoms with Gasteiger partial charge in [-0.15, -0.1) is 0 Å². The highest BCUT2D eigenvalue weighted by atomic mass is 16.1. The van der Waals surface area contributed by atoms with Gasteiger partial charge >= 0.3 is 0 Å². The van der Waals surface area contributed by atoms with Crippen LogP contribution in [0.15, 0.2) is 48.7 Å². The maximum Gasteiger partial charge on any atom is 0.270 e. The molecule has 31 heavy (non-hydrogen) atoms. The van der Waals surface area contributed by atoms with Crippen LogP contribution in [0.2, 0.25) is 0 Å². The van der Waals surface area contributed by atoms with Crippen LogP contribution in [0.4, 0.5) is 0 Å². The van der Waals surface area contributed by atoms with Gasteiger partial charge in [-0.25, -0.2) is 4.98 Å². The summed E-state index contributed by atoms with van der Waals surface area (Å²) in [6.45, 7) is 5.18. The molecule has 0 bridgehead atoms. The van der Waals surface area contributed by atoms with Crippen molar-refractivity contribution in [3.63, 3.8) is 0 Å². The van der Waals surface area contributed by atoms with Gasteiger partial charge in [-0.2, -0.15) is 0 Å². The molecule has 1 N–H and O–H groups in total. The standard InChI is InChI=1S/C26H36N4O/c1-3-4-5-6-7-8-9-10-15-20-30-24-18-12-11-16-22(24)29-25(30)21(2)28-26(31)23-17-13-14-19-27-23/h11-14,16-19,21H,3-10,15,20H2,1-2H3,(H,28,31). The SMILES string of the molecule is CCCCCCCCCCCn1c(C(C)NC(=O)c2ccccn2)nc2ccccc21. The molecular weight excluding hydrogens is 384 g/mol. The average Bonchev–Trinajstić information content (AvgIpc) is 3.17. The van der Waals surface area contributed by atoms with Crippen molar-refractivity contribution in [2.75, 3.05) is 0 Å². The molecule has 5 nitrogen and oxygen atoms in total. The summed E-state index contributed by atoms with van der Waals surface area (Å²) in [4.78, 5) is 21.6. The van der Waals surface area contributed by atoms with Crippen LogP contribution in [0, 0.1) is 0 Å². The topological polar surface area (TPSA) is 59.8 Å². The second-order valence-corrected chi connectivity index (χ2v) is 8.35. The van der Waals surface area contributed by atoms with Gasteiger partial charge in [-0.05, 0) is 37.6 Å². The number of amides is 1. The normalized spacial score (nSPS) is 12.2. The minimum absolute atomic E-state index is 0.172. The van der Waals surface area contributed by atoms with Crippen LogP contribution >= 0.6 is 0 Å². The number of unbranched alkanes of at least 4 members (excludes halogenated alkanes) is 8. The van der Waals surface area contributed by atoms with E-state index < -0.39 is 0 Å². The van der Waals surface area contributed by atoms with Crippen LogP contribution in [0.5, 0.6) is 0 Å². The molecule has 0 aliphatic carbocycles. The number of pyridine rings is 1. The molecule has 0 saturated carbocycles. The summed E-state index contributed by atoms with van der Waals surface area (Å²) in [5, 5.41) is 3.06. The van der Waals surface area contributed by atoms with Crippen molar-refractivity contribution in [2.24, 2.45) is 0 Å². The van der Waals surface area contributed by atoms with Crippen molar-refractivity contribution < 1.29 is 4.79 Å². The number of nitrogens with one attached hydrogen (secondary N) is 1. The van der Waals surface area contributed by atoms with Crippen LogP contribution in [0.3, 0.4) is 0 Å². The zero-order chi connectivity index (χ0) is 21.9. The third kappa shape index (κ3) is 6.65. The number of hydrogen-bond acceptors (Lipinski definition) is 3. The summed E-state index contributed by atoms with van der Waals surface area (Å²) >= 11 is 0. The number of hydrogen-bond donors (Lipinski definition) is 1. The summed E-state index contributed by atoms with van der Waals surface area (Å²) in [6, 6.07) is 13.4. The Morgan fingerprint density at radius 1 is 0.935 bits per heavy atom. The van der Waals surface area contributed by atoms with Crippen LogP contribution < -0.4 is 5.32 Å². The van der Waals surface area contributed by atoms with Gasteiger partial charge in [0.15, 0.2) is 0 Å². The molecule has 0 spiro atoms. The predicted octanol–water partition coefficient (Wildman–Crippen LogP) is 6.45. The van der Waals surface area contributed by atoms with Crippen LogP contribution in [-0.4, -0.2) is 20.4 Å². The largest absolute Gasteiger partial charge is 0.341 e. The molecule has 2 heterocycles. The number of aryl methyl sites for hydroxylation is 1. The molecular formula is C26H36N4O. The average molecular weight is 421 g/mol. The lowest BCUT2D eigenvalue weighted by Crippen LogP contribution is -2.29. The second-order valence-electron chi connectivity index (χ2n) is 8.35. The van der Waals surface area contributed by atoms with Crippen molar-refractivity contribution >= 4 is 16.9 Å². The number of aromatic nitrogens is 3. The molecule has 1 aromatic carbocycles. The van der Waals surface area contributed by atoms with E-state index in [0.29, 0.717) is 5.69 Å². The smallest absolute Gasteiger partial charge is 0.270 e. The fourth-order valence-corrected chi connectivity index (χ4v) is 4.07. The lowest BCUT2D eigenvalue weighted by molar-refractivity contribution is 0.0932. The highest BCUT2D eigenvalue weighted by Crippen LogP contribution is 2.22. The summed E-state index contributed by atoms with van der Waals surface area (Å²) in [7, 11) is 0. The minimum Gasteiger partial charge on any atom is -0.341 e. The van der Waals surface area contributed by atoms with E-state index in [1.165, 1.54) is 51.4 Å². The number of nitrogens with zero attached hydrogens (tertiary/aromatic N) is 3. The van der Waals surface area contributed by atoms with Crippen molar-refractivity contribution in [1.29, 1.82) is 0 Å². The molecule has 0 fully saturated rings. The molecule has 1 atom stereocenters. The Kier molecular flexibility index (Phi) is 9.07. The summed E-state index contributed by atoms with van der Waals surface area (Å²) < 4.78 is 2.28. The monoisotopic (exact) mass is 420 g/mol. The van der Waals surface area contributed by atoms with E-state index in [-0.39, 0.29) is 11.9 Å². The maximum atomic E-state index is 12.6. The van der Waals surface area contributed by atoms with Gasteiger partial charge in [-0.1, -0.05) is 76.5 Å². The van der Waals surface area contributed by atoms with Gasteiger partial charge in [0.1, 0.15) is 11.5 Å². The molecule has 2 aromatic heterocycles. The molecule has 1 unspecified atom stereocenters. The number of imidazole rings is 1. The van der Waals surface area contributed by atoms with Crippen LogP contribution in [-0.2, 0) is 6.54 Å². The molecule has 3 aromatic rings. The number of carbonyl (C=O) groups is 1. The fourth-order valence-electron chi connectivity index (χ4n) is 4.07. The van der Waals surface area contributed by atoms with Crippen molar-refractivity contribution in [3.05, 3.63) is 60.2 Å². The lowest BCUT2D eigenvalue weighted by Gasteiger charge is -2.16. The van der Waals surface area contributed by atoms with Crippen LogP contribution in [0.1, 0.15) is 94.0 Å². The van der Waals surface area contributed by atoms with E-state index in [4.69, 9.17) is 4.98 Å². The van der Waals surface area contributed by atoms with Gasteiger partial charge in [0, 0.05) is 12.7 Å².